The first-order valence-electron chi connectivity index (χ1n) is 6.13. The minimum absolute atomic E-state index is 0.0347. The van der Waals surface area contributed by atoms with Gasteiger partial charge in [0.15, 0.2) is 0 Å². The Morgan fingerprint density at radius 2 is 2.14 bits per heavy atom. The van der Waals surface area contributed by atoms with Crippen LogP contribution in [-0.4, -0.2) is 22.4 Å². The number of ether oxygens (including phenoxy) is 1. The van der Waals surface area contributed by atoms with Gasteiger partial charge in [-0.15, -0.1) is 0 Å². The minimum Gasteiger partial charge on any atom is -0.465 e. The lowest BCUT2D eigenvalue weighted by Crippen LogP contribution is -2.13. The van der Waals surface area contributed by atoms with Crippen molar-refractivity contribution in [3.05, 3.63) is 27.9 Å². The van der Waals surface area contributed by atoms with Crippen molar-refractivity contribution in [1.29, 1.82) is 0 Å². The molecule has 0 spiro atoms. The summed E-state index contributed by atoms with van der Waals surface area (Å²) >= 11 is 3.10. The second kappa shape index (κ2) is 5.67. The number of hydrogen-bond donors (Lipinski definition) is 0. The summed E-state index contributed by atoms with van der Waals surface area (Å²) in [5, 5.41) is 4.02. The number of carbonyl (C=O) groups is 1. The fraction of sp³-hybridized carbons (Fsp3) is 0.385. The Balaban J connectivity index is 2.55. The number of aromatic nitrogens is 2. The van der Waals surface area contributed by atoms with Gasteiger partial charge in [-0.05, 0) is 25.5 Å². The highest BCUT2D eigenvalue weighted by atomic mass is 79.9. The van der Waals surface area contributed by atoms with Crippen LogP contribution in [0.5, 0.6) is 0 Å². The molecule has 2 aromatic rings. The predicted octanol–water partition coefficient (Wildman–Crippen LogP) is 3.69. The molecular formula is C13H12BrF3N2O2. The largest absolute Gasteiger partial charge is 0.465 e. The number of aryl methyl sites for hydroxylation is 1. The third-order valence-electron chi connectivity index (χ3n) is 2.94. The second-order valence-electron chi connectivity index (χ2n) is 4.42. The van der Waals surface area contributed by atoms with E-state index in [0.717, 1.165) is 10.7 Å². The third-order valence-corrected chi connectivity index (χ3v) is 3.76. The Bertz CT molecular complexity index is 695. The monoisotopic (exact) mass is 364 g/mol. The molecule has 2 rings (SSSR count). The maximum Gasteiger partial charge on any atom is 0.417 e. The lowest BCUT2D eigenvalue weighted by atomic mass is 10.1. The first-order valence-corrected chi connectivity index (χ1v) is 6.92. The lowest BCUT2D eigenvalue weighted by molar-refractivity contribution is -0.144. The highest BCUT2D eigenvalue weighted by molar-refractivity contribution is 9.10. The van der Waals surface area contributed by atoms with E-state index in [1.807, 2.05) is 0 Å². The molecule has 0 saturated heterocycles. The molecule has 0 fully saturated rings. The van der Waals surface area contributed by atoms with Crippen molar-refractivity contribution in [1.82, 2.24) is 9.78 Å². The zero-order valence-corrected chi connectivity index (χ0v) is 12.9. The van der Waals surface area contributed by atoms with Gasteiger partial charge in [0, 0.05) is 16.1 Å². The highest BCUT2D eigenvalue weighted by Crippen LogP contribution is 2.38. The first kappa shape index (κ1) is 15.8. The van der Waals surface area contributed by atoms with Crippen molar-refractivity contribution in [3.63, 3.8) is 0 Å². The van der Waals surface area contributed by atoms with E-state index in [1.165, 1.54) is 6.20 Å². The molecule has 1 aromatic carbocycles. The normalized spacial score (nSPS) is 11.9. The molecule has 1 aromatic heterocycles. The molecule has 0 aliphatic rings. The number of rotatable bonds is 3. The fourth-order valence-electron chi connectivity index (χ4n) is 1.98. The van der Waals surface area contributed by atoms with Gasteiger partial charge in [-0.1, -0.05) is 15.9 Å². The van der Waals surface area contributed by atoms with Crippen LogP contribution in [0, 0.1) is 6.92 Å². The quantitative estimate of drug-likeness (QED) is 0.780. The maximum absolute atomic E-state index is 13.1. The molecule has 21 heavy (non-hydrogen) atoms. The summed E-state index contributed by atoms with van der Waals surface area (Å²) in [5.41, 5.74) is 0.00620. The Kier molecular flexibility index (Phi) is 4.27. The molecule has 114 valence electrons. The molecule has 0 atom stereocenters. The number of hydrogen-bond acceptors (Lipinski definition) is 3. The van der Waals surface area contributed by atoms with Gasteiger partial charge < -0.3 is 4.74 Å². The SMILES string of the molecule is CCOC(=O)Cn1cc2c(C(F)(F)F)cc(Br)c(C)c2n1. The van der Waals surface area contributed by atoms with Crippen LogP contribution in [0.2, 0.25) is 0 Å². The first-order chi connectivity index (χ1) is 9.74. The van der Waals surface area contributed by atoms with Crippen LogP contribution in [-0.2, 0) is 22.3 Å². The molecule has 0 amide bonds. The molecule has 0 unspecified atom stereocenters. The number of benzene rings is 1. The van der Waals surface area contributed by atoms with Gasteiger partial charge in [0.25, 0.3) is 0 Å². The van der Waals surface area contributed by atoms with Crippen LogP contribution in [0.15, 0.2) is 16.7 Å². The van der Waals surface area contributed by atoms with E-state index < -0.39 is 17.7 Å². The van der Waals surface area contributed by atoms with Crippen molar-refractivity contribution >= 4 is 32.8 Å². The zero-order chi connectivity index (χ0) is 15.8. The highest BCUT2D eigenvalue weighted by Gasteiger charge is 2.34. The molecule has 8 heteroatoms. The van der Waals surface area contributed by atoms with Crippen molar-refractivity contribution in [2.24, 2.45) is 0 Å². The number of nitrogens with zero attached hydrogens (tertiary/aromatic N) is 2. The summed E-state index contributed by atoms with van der Waals surface area (Å²) in [6.07, 6.45) is -3.28. The van der Waals surface area contributed by atoms with Crippen LogP contribution in [0.1, 0.15) is 18.1 Å². The Labute approximate surface area is 127 Å². The number of esters is 1. The molecule has 0 saturated carbocycles. The van der Waals surface area contributed by atoms with Gasteiger partial charge in [-0.3, -0.25) is 9.48 Å². The van der Waals surface area contributed by atoms with Crippen LogP contribution in [0.4, 0.5) is 13.2 Å². The van der Waals surface area contributed by atoms with Crippen LogP contribution >= 0.6 is 15.9 Å². The summed E-state index contributed by atoms with van der Waals surface area (Å²) in [5.74, 6) is -0.546. The van der Waals surface area contributed by atoms with E-state index in [4.69, 9.17) is 4.74 Å². The molecule has 0 bridgehead atoms. The Morgan fingerprint density at radius 1 is 1.48 bits per heavy atom. The topological polar surface area (TPSA) is 44.1 Å². The molecule has 0 N–H and O–H groups in total. The van der Waals surface area contributed by atoms with E-state index in [0.29, 0.717) is 10.0 Å². The summed E-state index contributed by atoms with van der Waals surface area (Å²) in [6, 6.07) is 1.02. The van der Waals surface area contributed by atoms with Crippen LogP contribution < -0.4 is 0 Å². The fourth-order valence-corrected chi connectivity index (χ4v) is 2.39. The van der Waals surface area contributed by atoms with E-state index in [9.17, 15) is 18.0 Å². The number of fused-ring (bicyclic) bond motifs is 1. The number of halogens is 4. The molecular weight excluding hydrogens is 353 g/mol. The van der Waals surface area contributed by atoms with Crippen molar-refractivity contribution in [2.45, 2.75) is 26.6 Å². The number of carbonyl (C=O) groups excluding carboxylic acids is 1. The maximum atomic E-state index is 13.1. The van der Waals surface area contributed by atoms with Crippen molar-refractivity contribution < 1.29 is 22.7 Å². The molecule has 0 aliphatic heterocycles. The van der Waals surface area contributed by atoms with Gasteiger partial charge in [-0.25, -0.2) is 0 Å². The van der Waals surface area contributed by atoms with E-state index in [2.05, 4.69) is 21.0 Å². The average Bonchev–Trinajstić information content (AvgIpc) is 2.76. The molecule has 0 aliphatic carbocycles. The van der Waals surface area contributed by atoms with E-state index in [-0.39, 0.29) is 24.1 Å². The standard InChI is InChI=1S/C13H12BrF3N2O2/c1-3-21-11(20)6-19-5-8-9(13(15,16)17)4-10(14)7(2)12(8)18-19/h4-5H,3,6H2,1-2H3. The van der Waals surface area contributed by atoms with E-state index >= 15 is 0 Å². The second-order valence-corrected chi connectivity index (χ2v) is 5.28. The van der Waals surface area contributed by atoms with Crippen LogP contribution in [0.3, 0.4) is 0 Å². The molecule has 1 heterocycles. The summed E-state index contributed by atoms with van der Waals surface area (Å²) < 4.78 is 45.5. The smallest absolute Gasteiger partial charge is 0.417 e. The average molecular weight is 365 g/mol. The summed E-state index contributed by atoms with van der Waals surface area (Å²) in [4.78, 5) is 11.4. The van der Waals surface area contributed by atoms with Gasteiger partial charge in [0.05, 0.1) is 17.7 Å². The van der Waals surface area contributed by atoms with Gasteiger partial charge in [0.2, 0.25) is 0 Å². The Morgan fingerprint density at radius 3 is 2.71 bits per heavy atom. The zero-order valence-electron chi connectivity index (χ0n) is 11.3. The van der Waals surface area contributed by atoms with Gasteiger partial charge >= 0.3 is 12.1 Å². The summed E-state index contributed by atoms with van der Waals surface area (Å²) in [7, 11) is 0. The third kappa shape index (κ3) is 3.20. The molecule has 0 radical (unpaired) electrons. The summed E-state index contributed by atoms with van der Waals surface area (Å²) in [6.45, 7) is 3.30. The van der Waals surface area contributed by atoms with E-state index in [1.54, 1.807) is 13.8 Å². The molecule has 4 nitrogen and oxygen atoms in total. The minimum atomic E-state index is -4.49. The Hall–Kier alpha value is -1.57. The van der Waals surface area contributed by atoms with Crippen molar-refractivity contribution in [3.8, 4) is 0 Å². The van der Waals surface area contributed by atoms with Gasteiger partial charge in [0.1, 0.15) is 6.54 Å². The number of alkyl halides is 3. The van der Waals surface area contributed by atoms with Crippen molar-refractivity contribution in [2.75, 3.05) is 6.61 Å². The van der Waals surface area contributed by atoms with Crippen LogP contribution in [0.25, 0.3) is 10.9 Å². The predicted molar refractivity (Wildman–Crippen MR) is 73.8 cm³/mol. The van der Waals surface area contributed by atoms with Gasteiger partial charge in [-0.2, -0.15) is 18.3 Å². The lowest BCUT2D eigenvalue weighted by Gasteiger charge is -2.09.